The van der Waals surface area contributed by atoms with Crippen LogP contribution < -0.4 is 0 Å². The van der Waals surface area contributed by atoms with Gasteiger partial charge in [-0.05, 0) is 25.3 Å². The normalized spacial score (nSPS) is 18.8. The summed E-state index contributed by atoms with van der Waals surface area (Å²) < 4.78 is 10.5. The smallest absolute Gasteiger partial charge is 0.333 e. The van der Waals surface area contributed by atoms with Crippen molar-refractivity contribution < 1.29 is 14.3 Å². The minimum Gasteiger partial charge on any atom is -0.466 e. The van der Waals surface area contributed by atoms with Gasteiger partial charge in [-0.25, -0.2) is 4.79 Å². The fourth-order valence-electron chi connectivity index (χ4n) is 2.20. The van der Waals surface area contributed by atoms with Gasteiger partial charge in [0.15, 0.2) is 0 Å². The van der Waals surface area contributed by atoms with Crippen LogP contribution in [0.3, 0.4) is 0 Å². The second-order valence-electron chi connectivity index (χ2n) is 4.52. The molecule has 17 heavy (non-hydrogen) atoms. The number of hydrogen-bond donors (Lipinski definition) is 0. The van der Waals surface area contributed by atoms with E-state index in [1.54, 1.807) is 0 Å². The molecular formula is C14H24O3. The SMILES string of the molecule is CCC(=CCOC1CCCCCC1)C(=O)OC. The summed E-state index contributed by atoms with van der Waals surface area (Å²) in [5.41, 5.74) is 0.709. The predicted molar refractivity (Wildman–Crippen MR) is 67.8 cm³/mol. The van der Waals surface area contributed by atoms with E-state index in [1.807, 2.05) is 13.0 Å². The molecular weight excluding hydrogens is 216 g/mol. The molecule has 1 aliphatic carbocycles. The third-order valence-electron chi connectivity index (χ3n) is 3.29. The summed E-state index contributed by atoms with van der Waals surface area (Å²) in [7, 11) is 1.41. The average molecular weight is 240 g/mol. The van der Waals surface area contributed by atoms with Gasteiger partial charge in [-0.15, -0.1) is 0 Å². The summed E-state index contributed by atoms with van der Waals surface area (Å²) in [5.74, 6) is -0.239. The second kappa shape index (κ2) is 8.29. The fraction of sp³-hybridized carbons (Fsp3) is 0.786. The van der Waals surface area contributed by atoms with E-state index in [9.17, 15) is 4.79 Å². The predicted octanol–water partition coefficient (Wildman–Crippen LogP) is 3.24. The molecule has 0 aromatic heterocycles. The van der Waals surface area contributed by atoms with Crippen LogP contribution in [-0.2, 0) is 14.3 Å². The number of methoxy groups -OCH3 is 1. The molecule has 1 aliphatic rings. The summed E-state index contributed by atoms with van der Waals surface area (Å²) in [6, 6.07) is 0. The zero-order chi connectivity index (χ0) is 12.5. The van der Waals surface area contributed by atoms with Crippen LogP contribution in [0.1, 0.15) is 51.9 Å². The zero-order valence-electron chi connectivity index (χ0n) is 11.0. The van der Waals surface area contributed by atoms with Crippen molar-refractivity contribution in [1.82, 2.24) is 0 Å². The van der Waals surface area contributed by atoms with Crippen molar-refractivity contribution in [3.05, 3.63) is 11.6 Å². The molecule has 98 valence electrons. The maximum Gasteiger partial charge on any atom is 0.333 e. The van der Waals surface area contributed by atoms with Gasteiger partial charge in [0.25, 0.3) is 0 Å². The van der Waals surface area contributed by atoms with Crippen LogP contribution in [0.4, 0.5) is 0 Å². The van der Waals surface area contributed by atoms with E-state index in [4.69, 9.17) is 9.47 Å². The lowest BCUT2D eigenvalue weighted by Gasteiger charge is -2.14. The Kier molecular flexibility index (Phi) is 6.94. The van der Waals surface area contributed by atoms with Gasteiger partial charge in [0.1, 0.15) is 0 Å². The van der Waals surface area contributed by atoms with Gasteiger partial charge in [0.2, 0.25) is 0 Å². The molecule has 3 nitrogen and oxygen atoms in total. The number of rotatable bonds is 5. The summed E-state index contributed by atoms with van der Waals surface area (Å²) in [6.07, 6.45) is 10.5. The maximum atomic E-state index is 11.3. The number of esters is 1. The summed E-state index contributed by atoms with van der Waals surface area (Å²) in [6.45, 7) is 2.48. The minimum absolute atomic E-state index is 0.239. The number of hydrogen-bond acceptors (Lipinski definition) is 3. The highest BCUT2D eigenvalue weighted by Gasteiger charge is 2.12. The molecule has 0 saturated heterocycles. The first-order valence-corrected chi connectivity index (χ1v) is 6.66. The zero-order valence-corrected chi connectivity index (χ0v) is 11.0. The Hall–Kier alpha value is -0.830. The van der Waals surface area contributed by atoms with Gasteiger partial charge < -0.3 is 9.47 Å². The Balaban J connectivity index is 2.33. The third-order valence-corrected chi connectivity index (χ3v) is 3.29. The van der Waals surface area contributed by atoms with Crippen molar-refractivity contribution in [2.75, 3.05) is 13.7 Å². The molecule has 1 saturated carbocycles. The Labute approximate surface area is 104 Å². The molecule has 0 radical (unpaired) electrons. The highest BCUT2D eigenvalue weighted by Crippen LogP contribution is 2.19. The summed E-state index contributed by atoms with van der Waals surface area (Å²) >= 11 is 0. The van der Waals surface area contributed by atoms with Gasteiger partial charge in [0, 0.05) is 5.57 Å². The molecule has 0 aliphatic heterocycles. The molecule has 1 fully saturated rings. The highest BCUT2D eigenvalue weighted by atomic mass is 16.5. The van der Waals surface area contributed by atoms with Crippen molar-refractivity contribution in [3.8, 4) is 0 Å². The molecule has 0 N–H and O–H groups in total. The first-order chi connectivity index (χ1) is 8.27. The minimum atomic E-state index is -0.239. The topological polar surface area (TPSA) is 35.5 Å². The van der Waals surface area contributed by atoms with E-state index in [1.165, 1.54) is 32.8 Å². The van der Waals surface area contributed by atoms with E-state index < -0.39 is 0 Å². The Morgan fingerprint density at radius 3 is 2.41 bits per heavy atom. The van der Waals surface area contributed by atoms with E-state index in [2.05, 4.69) is 0 Å². The second-order valence-corrected chi connectivity index (χ2v) is 4.52. The molecule has 3 heteroatoms. The molecule has 0 spiro atoms. The molecule has 0 unspecified atom stereocenters. The Bertz CT molecular complexity index is 250. The molecule has 0 heterocycles. The molecule has 0 aromatic rings. The van der Waals surface area contributed by atoms with Crippen molar-refractivity contribution >= 4 is 5.97 Å². The molecule has 0 bridgehead atoms. The Morgan fingerprint density at radius 1 is 1.24 bits per heavy atom. The van der Waals surface area contributed by atoms with E-state index >= 15 is 0 Å². The van der Waals surface area contributed by atoms with Crippen LogP contribution in [0, 0.1) is 0 Å². The highest BCUT2D eigenvalue weighted by molar-refractivity contribution is 5.88. The standard InChI is InChI=1S/C14H24O3/c1-3-12(14(15)16-2)10-11-17-13-8-6-4-5-7-9-13/h10,13H,3-9,11H2,1-2H3. The van der Waals surface area contributed by atoms with Gasteiger partial charge in [-0.1, -0.05) is 32.6 Å². The first-order valence-electron chi connectivity index (χ1n) is 6.66. The van der Waals surface area contributed by atoms with Crippen molar-refractivity contribution in [2.45, 2.75) is 58.0 Å². The van der Waals surface area contributed by atoms with Crippen LogP contribution in [0.2, 0.25) is 0 Å². The average Bonchev–Trinajstić information content (AvgIpc) is 2.62. The first kappa shape index (κ1) is 14.2. The van der Waals surface area contributed by atoms with Crippen LogP contribution in [0.5, 0.6) is 0 Å². The summed E-state index contributed by atoms with van der Waals surface area (Å²) in [5, 5.41) is 0. The van der Waals surface area contributed by atoms with E-state index in [0.717, 1.165) is 12.8 Å². The van der Waals surface area contributed by atoms with E-state index in [-0.39, 0.29) is 5.97 Å². The Morgan fingerprint density at radius 2 is 1.88 bits per heavy atom. The maximum absolute atomic E-state index is 11.3. The summed E-state index contributed by atoms with van der Waals surface area (Å²) in [4.78, 5) is 11.3. The lowest BCUT2D eigenvalue weighted by atomic mass is 10.1. The lowest BCUT2D eigenvalue weighted by molar-refractivity contribution is -0.136. The quantitative estimate of drug-likeness (QED) is 0.420. The van der Waals surface area contributed by atoms with Gasteiger partial charge in [-0.3, -0.25) is 0 Å². The number of carbonyl (C=O) groups is 1. The van der Waals surface area contributed by atoms with Crippen molar-refractivity contribution in [3.63, 3.8) is 0 Å². The van der Waals surface area contributed by atoms with Gasteiger partial charge >= 0.3 is 5.97 Å². The third kappa shape index (κ3) is 5.35. The lowest BCUT2D eigenvalue weighted by Crippen LogP contribution is -2.13. The molecule has 0 atom stereocenters. The largest absolute Gasteiger partial charge is 0.466 e. The van der Waals surface area contributed by atoms with Gasteiger partial charge in [0.05, 0.1) is 19.8 Å². The van der Waals surface area contributed by atoms with Crippen LogP contribution >= 0.6 is 0 Å². The molecule has 0 aromatic carbocycles. The van der Waals surface area contributed by atoms with Crippen molar-refractivity contribution in [2.24, 2.45) is 0 Å². The number of carbonyl (C=O) groups excluding carboxylic acids is 1. The van der Waals surface area contributed by atoms with Gasteiger partial charge in [-0.2, -0.15) is 0 Å². The van der Waals surface area contributed by atoms with Crippen molar-refractivity contribution in [1.29, 1.82) is 0 Å². The van der Waals surface area contributed by atoms with Crippen LogP contribution in [-0.4, -0.2) is 25.8 Å². The monoisotopic (exact) mass is 240 g/mol. The van der Waals surface area contributed by atoms with Crippen LogP contribution in [0.15, 0.2) is 11.6 Å². The molecule has 1 rings (SSSR count). The number of ether oxygens (including phenoxy) is 2. The van der Waals surface area contributed by atoms with Crippen LogP contribution in [0.25, 0.3) is 0 Å². The van der Waals surface area contributed by atoms with E-state index in [0.29, 0.717) is 24.7 Å². The fourth-order valence-corrected chi connectivity index (χ4v) is 2.20. The molecule has 0 amide bonds.